The van der Waals surface area contributed by atoms with Gasteiger partial charge in [0, 0.05) is 39.5 Å². The van der Waals surface area contributed by atoms with Gasteiger partial charge in [0.2, 0.25) is 0 Å². The number of benzene rings is 1. The quantitative estimate of drug-likeness (QED) is 0.764. The van der Waals surface area contributed by atoms with Crippen molar-refractivity contribution in [3.05, 3.63) is 53.5 Å². The Labute approximate surface area is 123 Å². The maximum atomic E-state index is 4.43. The lowest BCUT2D eigenvalue weighted by molar-refractivity contribution is 0.593. The van der Waals surface area contributed by atoms with E-state index in [0.29, 0.717) is 6.04 Å². The molecule has 3 rings (SSSR count). The summed E-state index contributed by atoms with van der Waals surface area (Å²) in [5.41, 5.74) is 2.33. The minimum absolute atomic E-state index is 0.516. The van der Waals surface area contributed by atoms with Gasteiger partial charge in [0.1, 0.15) is 0 Å². The van der Waals surface area contributed by atoms with Crippen molar-refractivity contribution in [2.45, 2.75) is 26.4 Å². The molecule has 0 aliphatic heterocycles. The van der Waals surface area contributed by atoms with E-state index in [1.54, 1.807) is 0 Å². The molecule has 1 aromatic carbocycles. The number of hydrogen-bond donors (Lipinski definition) is 1. The molecule has 0 aliphatic carbocycles. The maximum absolute atomic E-state index is 4.43. The Morgan fingerprint density at radius 3 is 2.85 bits per heavy atom. The van der Waals surface area contributed by atoms with Gasteiger partial charge in [-0.25, -0.2) is 0 Å². The lowest BCUT2D eigenvalue weighted by Gasteiger charge is -2.05. The largest absolute Gasteiger partial charge is 0.310 e. The first-order valence-electron chi connectivity index (χ1n) is 6.90. The van der Waals surface area contributed by atoms with Crippen molar-refractivity contribution in [2.75, 3.05) is 0 Å². The topological polar surface area (TPSA) is 24.9 Å². The van der Waals surface area contributed by atoms with Gasteiger partial charge in [0.25, 0.3) is 0 Å². The fourth-order valence-electron chi connectivity index (χ4n) is 2.24. The zero-order chi connectivity index (χ0) is 13.9. The number of nitrogens with one attached hydrogen (secondary N) is 1. The summed E-state index contributed by atoms with van der Waals surface area (Å²) >= 11 is 1.85. The van der Waals surface area contributed by atoms with Crippen molar-refractivity contribution in [3.63, 3.8) is 0 Å². The molecule has 3 heteroatoms. The molecule has 0 aliphatic rings. The molecule has 0 radical (unpaired) electrons. The van der Waals surface area contributed by atoms with Crippen molar-refractivity contribution in [1.82, 2.24) is 10.3 Å². The van der Waals surface area contributed by atoms with Crippen LogP contribution in [0.5, 0.6) is 0 Å². The second-order valence-corrected chi connectivity index (χ2v) is 6.35. The van der Waals surface area contributed by atoms with Gasteiger partial charge in [0.05, 0.1) is 5.52 Å². The molecule has 102 valence electrons. The Morgan fingerprint density at radius 1 is 1.10 bits per heavy atom. The summed E-state index contributed by atoms with van der Waals surface area (Å²) < 4.78 is 0. The van der Waals surface area contributed by atoms with Crippen LogP contribution in [-0.2, 0) is 6.54 Å². The van der Waals surface area contributed by atoms with Crippen LogP contribution in [0, 0.1) is 0 Å². The minimum Gasteiger partial charge on any atom is -0.310 e. The average Bonchev–Trinajstić information content (AvgIpc) is 2.93. The Bertz CT molecular complexity index is 710. The van der Waals surface area contributed by atoms with Crippen LogP contribution < -0.4 is 5.32 Å². The summed E-state index contributed by atoms with van der Waals surface area (Å²) in [6.07, 6.45) is 1.85. The van der Waals surface area contributed by atoms with Crippen LogP contribution >= 0.6 is 11.3 Å². The number of rotatable bonds is 4. The molecule has 2 heterocycles. The number of nitrogens with zero attached hydrogens (tertiary/aromatic N) is 1. The van der Waals surface area contributed by atoms with Crippen molar-refractivity contribution < 1.29 is 0 Å². The third-order valence-corrected chi connectivity index (χ3v) is 4.38. The van der Waals surface area contributed by atoms with Crippen LogP contribution in [0.4, 0.5) is 0 Å². The van der Waals surface area contributed by atoms with Crippen LogP contribution in [0.1, 0.15) is 18.7 Å². The molecule has 0 bridgehead atoms. The van der Waals surface area contributed by atoms with Gasteiger partial charge in [0.15, 0.2) is 0 Å². The summed E-state index contributed by atoms with van der Waals surface area (Å²) in [6.45, 7) is 5.28. The highest BCUT2D eigenvalue weighted by Gasteiger charge is 2.07. The van der Waals surface area contributed by atoms with E-state index in [9.17, 15) is 0 Å². The van der Waals surface area contributed by atoms with Crippen LogP contribution in [-0.4, -0.2) is 11.0 Å². The second kappa shape index (κ2) is 5.73. The highest BCUT2D eigenvalue weighted by Crippen LogP contribution is 2.32. The second-order valence-electron chi connectivity index (χ2n) is 5.18. The summed E-state index contributed by atoms with van der Waals surface area (Å²) in [5.74, 6) is 0. The van der Waals surface area contributed by atoms with Crippen LogP contribution in [0.25, 0.3) is 21.3 Å². The predicted molar refractivity (Wildman–Crippen MR) is 87.0 cm³/mol. The third kappa shape index (κ3) is 2.74. The van der Waals surface area contributed by atoms with Crippen LogP contribution in [0.3, 0.4) is 0 Å². The highest BCUT2D eigenvalue weighted by atomic mass is 32.1. The molecular formula is C17H18N2S. The number of aromatic nitrogens is 1. The van der Waals surface area contributed by atoms with Crippen molar-refractivity contribution in [3.8, 4) is 10.4 Å². The molecule has 2 aromatic heterocycles. The molecule has 3 aromatic rings. The van der Waals surface area contributed by atoms with Crippen LogP contribution in [0.2, 0.25) is 0 Å². The fourth-order valence-corrected chi connectivity index (χ4v) is 3.24. The smallest absolute Gasteiger partial charge is 0.0708 e. The summed E-state index contributed by atoms with van der Waals surface area (Å²) in [6, 6.07) is 15.4. The van der Waals surface area contributed by atoms with Gasteiger partial charge < -0.3 is 5.32 Å². The first-order chi connectivity index (χ1) is 9.74. The molecule has 0 saturated heterocycles. The lowest BCUT2D eigenvalue weighted by atomic mass is 10.1. The average molecular weight is 282 g/mol. The van der Waals surface area contributed by atoms with Crippen molar-refractivity contribution in [1.29, 1.82) is 0 Å². The predicted octanol–water partition coefficient (Wildman–Crippen LogP) is 4.46. The molecule has 0 saturated carbocycles. The van der Waals surface area contributed by atoms with E-state index in [0.717, 1.165) is 12.1 Å². The Morgan fingerprint density at radius 2 is 2.00 bits per heavy atom. The SMILES string of the molecule is CC(C)NCc1ccc(-c2cccc3ncccc23)s1. The molecule has 20 heavy (non-hydrogen) atoms. The molecular weight excluding hydrogens is 264 g/mol. The first-order valence-corrected chi connectivity index (χ1v) is 7.72. The van der Waals surface area contributed by atoms with E-state index in [2.05, 4.69) is 60.5 Å². The lowest BCUT2D eigenvalue weighted by Crippen LogP contribution is -2.21. The van der Waals surface area contributed by atoms with E-state index in [-0.39, 0.29) is 0 Å². The standard InChI is InChI=1S/C17H18N2S/c1-12(2)19-11-13-8-9-17(20-13)15-5-3-7-16-14(15)6-4-10-18-16/h3-10,12,19H,11H2,1-2H3. The van der Waals surface area contributed by atoms with Gasteiger partial charge in [-0.15, -0.1) is 11.3 Å². The summed E-state index contributed by atoms with van der Waals surface area (Å²) in [7, 11) is 0. The first kappa shape index (κ1) is 13.3. The van der Waals surface area contributed by atoms with E-state index < -0.39 is 0 Å². The zero-order valence-corrected chi connectivity index (χ0v) is 12.6. The maximum Gasteiger partial charge on any atom is 0.0708 e. The van der Waals surface area contributed by atoms with E-state index in [1.807, 2.05) is 23.6 Å². The molecule has 1 N–H and O–H groups in total. The van der Waals surface area contributed by atoms with Gasteiger partial charge >= 0.3 is 0 Å². The van der Waals surface area contributed by atoms with Gasteiger partial charge in [-0.2, -0.15) is 0 Å². The monoisotopic (exact) mass is 282 g/mol. The third-order valence-electron chi connectivity index (χ3n) is 3.26. The number of thiophene rings is 1. The molecule has 0 amide bonds. The molecule has 0 atom stereocenters. The van der Waals surface area contributed by atoms with E-state index in [4.69, 9.17) is 0 Å². The van der Waals surface area contributed by atoms with Gasteiger partial charge in [-0.1, -0.05) is 32.0 Å². The van der Waals surface area contributed by atoms with E-state index >= 15 is 0 Å². The Hall–Kier alpha value is -1.71. The zero-order valence-electron chi connectivity index (χ0n) is 11.8. The Kier molecular flexibility index (Phi) is 3.81. The van der Waals surface area contributed by atoms with Gasteiger partial charge in [-0.05, 0) is 24.3 Å². The Balaban J connectivity index is 1.95. The fraction of sp³-hybridized carbons (Fsp3) is 0.235. The number of pyridine rings is 1. The molecule has 0 fully saturated rings. The molecule has 0 unspecified atom stereocenters. The normalized spacial score (nSPS) is 11.3. The number of hydrogen-bond acceptors (Lipinski definition) is 3. The van der Waals surface area contributed by atoms with Gasteiger partial charge in [-0.3, -0.25) is 4.98 Å². The number of fused-ring (bicyclic) bond motifs is 1. The van der Waals surface area contributed by atoms with E-state index in [1.165, 1.54) is 20.7 Å². The highest BCUT2D eigenvalue weighted by molar-refractivity contribution is 7.15. The van der Waals surface area contributed by atoms with Crippen molar-refractivity contribution in [2.24, 2.45) is 0 Å². The van der Waals surface area contributed by atoms with Crippen LogP contribution in [0.15, 0.2) is 48.7 Å². The molecule has 0 spiro atoms. The molecule has 2 nitrogen and oxygen atoms in total. The minimum atomic E-state index is 0.516. The van der Waals surface area contributed by atoms with Crippen molar-refractivity contribution >= 4 is 22.2 Å². The summed E-state index contributed by atoms with van der Waals surface area (Å²) in [4.78, 5) is 7.11. The summed E-state index contributed by atoms with van der Waals surface area (Å²) in [5, 5.41) is 4.68.